The van der Waals surface area contributed by atoms with E-state index in [1.54, 1.807) is 37.3 Å². The first-order valence-electron chi connectivity index (χ1n) is 7.42. The molecule has 0 saturated carbocycles. The number of hydrogen-bond acceptors (Lipinski definition) is 6. The van der Waals surface area contributed by atoms with E-state index in [9.17, 15) is 14.7 Å². The molecule has 0 radical (unpaired) electrons. The van der Waals surface area contributed by atoms with Crippen molar-refractivity contribution in [1.82, 2.24) is 0 Å². The molecule has 5 nitrogen and oxygen atoms in total. The lowest BCUT2D eigenvalue weighted by Crippen LogP contribution is -2.03. The largest absolute Gasteiger partial charge is 0.506 e. The van der Waals surface area contributed by atoms with E-state index in [0.29, 0.717) is 21.7 Å². The molecule has 0 fully saturated rings. The van der Waals surface area contributed by atoms with E-state index in [4.69, 9.17) is 4.74 Å². The van der Waals surface area contributed by atoms with Crippen molar-refractivity contribution in [2.45, 2.75) is 13.8 Å². The number of aliphatic hydroxyl groups excluding tert-OH is 1. The van der Waals surface area contributed by atoms with Crippen molar-refractivity contribution in [1.29, 1.82) is 0 Å². The second-order valence-electron chi connectivity index (χ2n) is 5.19. The number of nitrogens with zero attached hydrogens (tertiary/aromatic N) is 1. The number of thiophene rings is 1. The first-order valence-corrected chi connectivity index (χ1v) is 8.23. The van der Waals surface area contributed by atoms with Gasteiger partial charge in [0.25, 0.3) is 0 Å². The number of carbonyl (C=O) groups excluding carboxylic acids is 2. The van der Waals surface area contributed by atoms with E-state index in [1.807, 2.05) is 6.92 Å². The summed E-state index contributed by atoms with van der Waals surface area (Å²) in [6.45, 7) is 3.87. The summed E-state index contributed by atoms with van der Waals surface area (Å²) in [5, 5.41) is 10.7. The molecule has 1 aliphatic rings. The van der Waals surface area contributed by atoms with E-state index in [-0.39, 0.29) is 23.7 Å². The van der Waals surface area contributed by atoms with Crippen LogP contribution in [-0.2, 0) is 4.74 Å². The molecule has 3 rings (SSSR count). The number of fused-ring (bicyclic) bond motifs is 1. The van der Waals surface area contributed by atoms with Crippen molar-refractivity contribution in [2.24, 2.45) is 4.99 Å². The Hall–Kier alpha value is -2.73. The SMILES string of the molecule is CCOC(=O)c1cc(C)sc1N=CC1=C(O)c2ccccc2C1=O. The highest BCUT2D eigenvalue weighted by molar-refractivity contribution is 7.16. The van der Waals surface area contributed by atoms with Crippen molar-refractivity contribution in [2.75, 3.05) is 6.61 Å². The third-order valence-corrected chi connectivity index (χ3v) is 4.53. The number of esters is 1. The summed E-state index contributed by atoms with van der Waals surface area (Å²) < 4.78 is 5.01. The van der Waals surface area contributed by atoms with Gasteiger partial charge in [-0.1, -0.05) is 24.3 Å². The number of aryl methyl sites for hydroxylation is 1. The molecule has 1 N–H and O–H groups in total. The molecule has 0 unspecified atom stereocenters. The highest BCUT2D eigenvalue weighted by Crippen LogP contribution is 2.33. The molecule has 0 bridgehead atoms. The van der Waals surface area contributed by atoms with Gasteiger partial charge in [0.05, 0.1) is 17.7 Å². The van der Waals surface area contributed by atoms with E-state index >= 15 is 0 Å². The Labute approximate surface area is 142 Å². The molecule has 0 aliphatic heterocycles. The maximum atomic E-state index is 12.4. The van der Waals surface area contributed by atoms with Crippen molar-refractivity contribution >= 4 is 40.1 Å². The van der Waals surface area contributed by atoms with Crippen LogP contribution in [0.15, 0.2) is 40.9 Å². The Morgan fingerprint density at radius 2 is 2.04 bits per heavy atom. The second-order valence-corrected chi connectivity index (χ2v) is 6.43. The maximum absolute atomic E-state index is 12.4. The summed E-state index contributed by atoms with van der Waals surface area (Å²) in [6, 6.07) is 8.54. The molecule has 24 heavy (non-hydrogen) atoms. The zero-order valence-electron chi connectivity index (χ0n) is 13.2. The summed E-state index contributed by atoms with van der Waals surface area (Å²) in [6.07, 6.45) is 1.31. The van der Waals surface area contributed by atoms with Crippen LogP contribution in [0.5, 0.6) is 0 Å². The Balaban J connectivity index is 1.95. The first kappa shape index (κ1) is 16.1. The molecule has 2 aromatic rings. The predicted molar refractivity (Wildman–Crippen MR) is 93.5 cm³/mol. The summed E-state index contributed by atoms with van der Waals surface area (Å²) in [5.74, 6) is -0.823. The summed E-state index contributed by atoms with van der Waals surface area (Å²) in [4.78, 5) is 29.5. The van der Waals surface area contributed by atoms with Gasteiger partial charge in [-0.3, -0.25) is 4.79 Å². The molecule has 1 aromatic carbocycles. The molecule has 1 aliphatic carbocycles. The van der Waals surface area contributed by atoms with Gasteiger partial charge in [0, 0.05) is 22.2 Å². The van der Waals surface area contributed by atoms with Crippen LogP contribution in [-0.4, -0.2) is 29.7 Å². The Morgan fingerprint density at radius 3 is 2.71 bits per heavy atom. The van der Waals surface area contributed by atoms with E-state index < -0.39 is 5.97 Å². The topological polar surface area (TPSA) is 76.0 Å². The number of Topliss-reactive ketones (excluding diaryl/α,β-unsaturated/α-hetero) is 1. The Bertz CT molecular complexity index is 892. The standard InChI is InChI=1S/C18H15NO4S/c1-3-23-18(22)13-8-10(2)24-17(13)19-9-14-15(20)11-6-4-5-7-12(11)16(14)21/h4-9,20H,3H2,1-2H3. The van der Waals surface area contributed by atoms with Crippen molar-refractivity contribution in [3.8, 4) is 0 Å². The highest BCUT2D eigenvalue weighted by atomic mass is 32.1. The average Bonchev–Trinajstić information content (AvgIpc) is 3.05. The summed E-state index contributed by atoms with van der Waals surface area (Å²) >= 11 is 1.32. The third-order valence-electron chi connectivity index (χ3n) is 3.57. The lowest BCUT2D eigenvalue weighted by atomic mass is 10.1. The van der Waals surface area contributed by atoms with Gasteiger partial charge in [-0.15, -0.1) is 11.3 Å². The highest BCUT2D eigenvalue weighted by Gasteiger charge is 2.28. The van der Waals surface area contributed by atoms with Gasteiger partial charge in [-0.05, 0) is 19.9 Å². The minimum atomic E-state index is -0.451. The van der Waals surface area contributed by atoms with E-state index in [1.165, 1.54) is 17.6 Å². The lowest BCUT2D eigenvalue weighted by molar-refractivity contribution is 0.0527. The summed E-state index contributed by atoms with van der Waals surface area (Å²) in [7, 11) is 0. The molecule has 0 spiro atoms. The van der Waals surface area contributed by atoms with Crippen LogP contribution in [0.2, 0.25) is 0 Å². The molecular weight excluding hydrogens is 326 g/mol. The molecular formula is C18H15NO4S. The average molecular weight is 341 g/mol. The van der Waals surface area contributed by atoms with Crippen LogP contribution in [0.1, 0.15) is 38.1 Å². The smallest absolute Gasteiger partial charge is 0.341 e. The van der Waals surface area contributed by atoms with Gasteiger partial charge in [-0.25, -0.2) is 9.79 Å². The fraction of sp³-hybridized carbons (Fsp3) is 0.167. The number of aliphatic hydroxyl groups is 1. The molecule has 0 atom stereocenters. The van der Waals surface area contributed by atoms with Crippen LogP contribution in [0, 0.1) is 6.92 Å². The normalized spacial score (nSPS) is 13.7. The van der Waals surface area contributed by atoms with Gasteiger partial charge in [0.15, 0.2) is 5.78 Å². The van der Waals surface area contributed by atoms with Gasteiger partial charge < -0.3 is 9.84 Å². The van der Waals surface area contributed by atoms with Crippen LogP contribution in [0.25, 0.3) is 5.76 Å². The van der Waals surface area contributed by atoms with Crippen LogP contribution >= 0.6 is 11.3 Å². The van der Waals surface area contributed by atoms with Crippen molar-refractivity contribution < 1.29 is 19.4 Å². The molecule has 122 valence electrons. The lowest BCUT2D eigenvalue weighted by Gasteiger charge is -2.00. The number of rotatable bonds is 4. The summed E-state index contributed by atoms with van der Waals surface area (Å²) in [5.41, 5.74) is 1.43. The monoisotopic (exact) mass is 341 g/mol. The number of carbonyl (C=O) groups is 2. The fourth-order valence-electron chi connectivity index (χ4n) is 2.48. The number of hydrogen-bond donors (Lipinski definition) is 1. The van der Waals surface area contributed by atoms with Gasteiger partial charge in [-0.2, -0.15) is 0 Å². The van der Waals surface area contributed by atoms with E-state index in [0.717, 1.165) is 4.88 Å². The molecule has 0 saturated heterocycles. The van der Waals surface area contributed by atoms with Crippen LogP contribution in [0.4, 0.5) is 5.00 Å². The fourth-order valence-corrected chi connectivity index (χ4v) is 3.32. The van der Waals surface area contributed by atoms with Crippen molar-refractivity contribution in [3.05, 3.63) is 57.5 Å². The number of ether oxygens (including phenoxy) is 1. The first-order chi connectivity index (χ1) is 11.5. The molecule has 1 heterocycles. The molecule has 6 heteroatoms. The van der Waals surface area contributed by atoms with E-state index in [2.05, 4.69) is 4.99 Å². The van der Waals surface area contributed by atoms with Crippen LogP contribution in [0.3, 0.4) is 0 Å². The quantitative estimate of drug-likeness (QED) is 0.671. The number of allylic oxidation sites excluding steroid dienone is 1. The Kier molecular flexibility index (Phi) is 4.31. The maximum Gasteiger partial charge on any atom is 0.341 e. The zero-order chi connectivity index (χ0) is 17.3. The Morgan fingerprint density at radius 1 is 1.33 bits per heavy atom. The number of aliphatic imine (C=N–C) groups is 1. The van der Waals surface area contributed by atoms with Gasteiger partial charge in [0.2, 0.25) is 0 Å². The molecule has 1 aromatic heterocycles. The second kappa shape index (κ2) is 6.41. The zero-order valence-corrected chi connectivity index (χ0v) is 14.0. The number of benzene rings is 1. The number of ketones is 1. The minimum Gasteiger partial charge on any atom is -0.506 e. The van der Waals surface area contributed by atoms with Crippen molar-refractivity contribution in [3.63, 3.8) is 0 Å². The van der Waals surface area contributed by atoms with Gasteiger partial charge in [0.1, 0.15) is 10.8 Å². The molecule has 0 amide bonds. The predicted octanol–water partition coefficient (Wildman–Crippen LogP) is 4.10. The minimum absolute atomic E-state index is 0.0923. The van der Waals surface area contributed by atoms with Crippen LogP contribution < -0.4 is 0 Å². The van der Waals surface area contributed by atoms with Gasteiger partial charge >= 0.3 is 5.97 Å². The third kappa shape index (κ3) is 2.76.